The van der Waals surface area contributed by atoms with Crippen LogP contribution in [-0.4, -0.2) is 23.1 Å². The highest BCUT2D eigenvalue weighted by Gasteiger charge is 2.15. The number of anilines is 2. The maximum Gasteiger partial charge on any atom is 0.134 e. The first-order valence-electron chi connectivity index (χ1n) is 8.59. The summed E-state index contributed by atoms with van der Waals surface area (Å²) < 4.78 is 0. The quantitative estimate of drug-likeness (QED) is 0.791. The first kappa shape index (κ1) is 16.1. The number of nitrogens with one attached hydrogen (secondary N) is 2. The van der Waals surface area contributed by atoms with Gasteiger partial charge < -0.3 is 10.6 Å². The molecule has 0 spiro atoms. The van der Waals surface area contributed by atoms with Gasteiger partial charge in [0.15, 0.2) is 0 Å². The van der Waals surface area contributed by atoms with Crippen LogP contribution >= 0.6 is 0 Å². The number of rotatable bonds is 7. The predicted molar refractivity (Wildman–Crippen MR) is 90.0 cm³/mol. The van der Waals surface area contributed by atoms with Crippen molar-refractivity contribution in [3.8, 4) is 0 Å². The molecule has 2 N–H and O–H groups in total. The van der Waals surface area contributed by atoms with Gasteiger partial charge in [-0.05, 0) is 39.0 Å². The van der Waals surface area contributed by atoms with Crippen molar-refractivity contribution in [2.75, 3.05) is 23.7 Å². The van der Waals surface area contributed by atoms with E-state index in [4.69, 9.17) is 4.98 Å². The maximum atomic E-state index is 4.73. The van der Waals surface area contributed by atoms with Crippen LogP contribution in [0.15, 0.2) is 0 Å². The van der Waals surface area contributed by atoms with Crippen molar-refractivity contribution in [1.29, 1.82) is 0 Å². The fraction of sp³-hybridized carbons (Fsp3) is 0.765. The normalized spacial score (nSPS) is 16.0. The van der Waals surface area contributed by atoms with Crippen molar-refractivity contribution >= 4 is 11.6 Å². The number of aromatic nitrogens is 2. The lowest BCUT2D eigenvalue weighted by Crippen LogP contribution is -2.19. The molecule has 2 rings (SSSR count). The third kappa shape index (κ3) is 4.58. The molecule has 0 radical (unpaired) electrons. The highest BCUT2D eigenvalue weighted by atomic mass is 15.1. The Morgan fingerprint density at radius 3 is 2.29 bits per heavy atom. The Hall–Kier alpha value is -1.32. The van der Waals surface area contributed by atoms with Gasteiger partial charge >= 0.3 is 0 Å². The van der Waals surface area contributed by atoms with E-state index in [-0.39, 0.29) is 0 Å². The first-order valence-corrected chi connectivity index (χ1v) is 8.59. The van der Waals surface area contributed by atoms with Crippen LogP contribution in [0, 0.1) is 12.8 Å². The second-order valence-corrected chi connectivity index (χ2v) is 6.13. The van der Waals surface area contributed by atoms with E-state index < -0.39 is 0 Å². The van der Waals surface area contributed by atoms with E-state index in [1.54, 1.807) is 0 Å². The first-order chi connectivity index (χ1) is 10.2. The fourth-order valence-electron chi connectivity index (χ4n) is 3.04. The van der Waals surface area contributed by atoms with Gasteiger partial charge in [-0.2, -0.15) is 0 Å². The lowest BCUT2D eigenvalue weighted by molar-refractivity contribution is 0.373. The van der Waals surface area contributed by atoms with Crippen LogP contribution in [0.5, 0.6) is 0 Å². The highest BCUT2D eigenvalue weighted by Crippen LogP contribution is 2.25. The van der Waals surface area contributed by atoms with Gasteiger partial charge in [-0.3, -0.25) is 0 Å². The minimum Gasteiger partial charge on any atom is -0.370 e. The van der Waals surface area contributed by atoms with Crippen LogP contribution < -0.4 is 10.6 Å². The summed E-state index contributed by atoms with van der Waals surface area (Å²) in [5, 5.41) is 6.95. The molecule has 1 saturated carbocycles. The summed E-state index contributed by atoms with van der Waals surface area (Å²) in [5.41, 5.74) is 1.15. The summed E-state index contributed by atoms with van der Waals surface area (Å²) in [6.45, 7) is 8.33. The van der Waals surface area contributed by atoms with Crippen LogP contribution in [0.3, 0.4) is 0 Å². The number of hydrogen-bond acceptors (Lipinski definition) is 4. The molecule has 1 aromatic heterocycles. The molecular weight excluding hydrogens is 260 g/mol. The number of aryl methyl sites for hydroxylation is 1. The zero-order valence-electron chi connectivity index (χ0n) is 13.8. The zero-order valence-corrected chi connectivity index (χ0v) is 13.8. The van der Waals surface area contributed by atoms with E-state index in [9.17, 15) is 0 Å². The Morgan fingerprint density at radius 1 is 1.00 bits per heavy atom. The van der Waals surface area contributed by atoms with Crippen LogP contribution in [0.4, 0.5) is 11.6 Å². The van der Waals surface area contributed by atoms with Crippen molar-refractivity contribution in [3.63, 3.8) is 0 Å². The molecule has 1 aliphatic rings. The van der Waals surface area contributed by atoms with Crippen molar-refractivity contribution in [2.45, 2.75) is 65.7 Å². The van der Waals surface area contributed by atoms with Crippen LogP contribution in [0.25, 0.3) is 0 Å². The molecule has 0 bridgehead atoms. The van der Waals surface area contributed by atoms with Crippen molar-refractivity contribution in [3.05, 3.63) is 11.4 Å². The van der Waals surface area contributed by atoms with Gasteiger partial charge in [-0.25, -0.2) is 9.97 Å². The molecule has 0 atom stereocenters. The van der Waals surface area contributed by atoms with E-state index in [2.05, 4.69) is 36.4 Å². The van der Waals surface area contributed by atoms with E-state index in [0.717, 1.165) is 54.9 Å². The van der Waals surface area contributed by atoms with E-state index in [1.807, 2.05) is 0 Å². The second-order valence-electron chi connectivity index (χ2n) is 6.13. The SMILES string of the molecule is CCCc1nc(NCC)c(C)c(NCC2CCCCC2)n1. The smallest absolute Gasteiger partial charge is 0.134 e. The van der Waals surface area contributed by atoms with Crippen LogP contribution in [0.1, 0.15) is 63.8 Å². The molecule has 0 aromatic carbocycles. The molecule has 21 heavy (non-hydrogen) atoms. The molecule has 118 valence electrons. The summed E-state index contributed by atoms with van der Waals surface area (Å²) in [6.07, 6.45) is 8.93. The Kier molecular flexibility index (Phi) is 6.27. The largest absolute Gasteiger partial charge is 0.370 e. The molecule has 4 heteroatoms. The van der Waals surface area contributed by atoms with E-state index >= 15 is 0 Å². The summed E-state index contributed by atoms with van der Waals surface area (Å²) >= 11 is 0. The van der Waals surface area contributed by atoms with Gasteiger partial charge in [0.1, 0.15) is 17.5 Å². The molecule has 0 aliphatic heterocycles. The Bertz CT molecular complexity index is 439. The monoisotopic (exact) mass is 290 g/mol. The molecule has 1 aliphatic carbocycles. The minimum absolute atomic E-state index is 0.810. The molecule has 4 nitrogen and oxygen atoms in total. The molecule has 0 unspecified atom stereocenters. The summed E-state index contributed by atoms with van der Waals surface area (Å²) in [6, 6.07) is 0. The molecule has 1 aromatic rings. The van der Waals surface area contributed by atoms with Gasteiger partial charge in [-0.1, -0.05) is 26.2 Å². The lowest BCUT2D eigenvalue weighted by atomic mass is 9.89. The Balaban J connectivity index is 2.08. The predicted octanol–water partition coefficient (Wildman–Crippen LogP) is 4.16. The van der Waals surface area contributed by atoms with Gasteiger partial charge in [0.25, 0.3) is 0 Å². The van der Waals surface area contributed by atoms with Gasteiger partial charge in [-0.15, -0.1) is 0 Å². The highest BCUT2D eigenvalue weighted by molar-refractivity contribution is 5.57. The Labute approximate surface area is 129 Å². The minimum atomic E-state index is 0.810. The molecule has 0 saturated heterocycles. The third-order valence-corrected chi connectivity index (χ3v) is 4.29. The van der Waals surface area contributed by atoms with Crippen molar-refractivity contribution in [1.82, 2.24) is 9.97 Å². The topological polar surface area (TPSA) is 49.8 Å². The van der Waals surface area contributed by atoms with Crippen molar-refractivity contribution < 1.29 is 0 Å². The molecular formula is C17H30N4. The van der Waals surface area contributed by atoms with Crippen LogP contribution in [0.2, 0.25) is 0 Å². The molecule has 1 fully saturated rings. The number of nitrogens with zero attached hydrogens (tertiary/aromatic N) is 2. The van der Waals surface area contributed by atoms with Crippen molar-refractivity contribution in [2.24, 2.45) is 5.92 Å². The zero-order chi connectivity index (χ0) is 15.1. The van der Waals surface area contributed by atoms with Gasteiger partial charge in [0.05, 0.1) is 0 Å². The Morgan fingerprint density at radius 2 is 1.67 bits per heavy atom. The second kappa shape index (κ2) is 8.20. The summed E-state index contributed by atoms with van der Waals surface area (Å²) in [4.78, 5) is 9.37. The third-order valence-electron chi connectivity index (χ3n) is 4.29. The summed E-state index contributed by atoms with van der Waals surface area (Å²) in [5.74, 6) is 3.77. The average Bonchev–Trinajstić information content (AvgIpc) is 2.50. The van der Waals surface area contributed by atoms with Gasteiger partial charge in [0.2, 0.25) is 0 Å². The molecule has 0 amide bonds. The standard InChI is InChI=1S/C17H30N4/c1-4-9-15-20-16(18-5-2)13(3)17(21-15)19-12-14-10-7-6-8-11-14/h14H,4-12H2,1-3H3,(H2,18,19,20,21). The molecule has 1 heterocycles. The lowest BCUT2D eigenvalue weighted by Gasteiger charge is -2.23. The number of hydrogen-bond donors (Lipinski definition) is 2. The maximum absolute atomic E-state index is 4.73. The fourth-order valence-corrected chi connectivity index (χ4v) is 3.04. The average molecular weight is 290 g/mol. The van der Waals surface area contributed by atoms with E-state index in [0.29, 0.717) is 0 Å². The summed E-state index contributed by atoms with van der Waals surface area (Å²) in [7, 11) is 0. The van der Waals surface area contributed by atoms with Crippen LogP contribution in [-0.2, 0) is 6.42 Å². The van der Waals surface area contributed by atoms with E-state index in [1.165, 1.54) is 32.1 Å². The van der Waals surface area contributed by atoms with Gasteiger partial charge in [0, 0.05) is 25.1 Å².